The van der Waals surface area contributed by atoms with E-state index >= 15 is 0 Å². The fourth-order valence-corrected chi connectivity index (χ4v) is 4.68. The second-order valence-corrected chi connectivity index (χ2v) is 9.86. The minimum absolute atomic E-state index is 0.109. The molecule has 0 N–H and O–H groups in total. The lowest BCUT2D eigenvalue weighted by Gasteiger charge is -2.04. The number of amides is 1. The summed E-state index contributed by atoms with van der Waals surface area (Å²) < 4.78 is 30.4. The van der Waals surface area contributed by atoms with Crippen LogP contribution in [-0.2, 0) is 25.9 Å². The molecule has 0 aliphatic rings. The van der Waals surface area contributed by atoms with Gasteiger partial charge >= 0.3 is 5.97 Å². The highest BCUT2D eigenvalue weighted by Gasteiger charge is 2.16. The predicted molar refractivity (Wildman–Crippen MR) is 111 cm³/mol. The van der Waals surface area contributed by atoms with Crippen LogP contribution in [0.3, 0.4) is 0 Å². The first kappa shape index (κ1) is 21.5. The van der Waals surface area contributed by atoms with Crippen molar-refractivity contribution in [2.75, 3.05) is 13.4 Å². The summed E-state index contributed by atoms with van der Waals surface area (Å²) in [5.41, 5.74) is 0.648. The van der Waals surface area contributed by atoms with Gasteiger partial charge in [-0.15, -0.1) is 0 Å². The zero-order valence-electron chi connectivity index (χ0n) is 15.2. The van der Waals surface area contributed by atoms with Crippen molar-refractivity contribution in [2.45, 2.75) is 11.4 Å². The number of rotatable bonds is 4. The van der Waals surface area contributed by atoms with Crippen LogP contribution >= 0.6 is 34.5 Å². The number of nitrogens with zero attached hydrogens (tertiary/aromatic N) is 2. The normalized spacial score (nSPS) is 12.3. The summed E-state index contributed by atoms with van der Waals surface area (Å²) in [5, 5.41) is 0.507. The highest BCUT2D eigenvalue weighted by molar-refractivity contribution is 7.90. The maximum Gasteiger partial charge on any atom is 0.325 e. The molecule has 1 heterocycles. The first-order valence-electron chi connectivity index (χ1n) is 8.04. The molecule has 0 saturated heterocycles. The first-order chi connectivity index (χ1) is 13.6. The van der Waals surface area contributed by atoms with Crippen molar-refractivity contribution in [3.63, 3.8) is 0 Å². The number of benzene rings is 2. The Kier molecular flexibility index (Phi) is 6.13. The van der Waals surface area contributed by atoms with Crippen molar-refractivity contribution in [3.8, 4) is 0 Å². The highest BCUT2D eigenvalue weighted by Crippen LogP contribution is 2.24. The van der Waals surface area contributed by atoms with Crippen molar-refractivity contribution >= 4 is 66.5 Å². The van der Waals surface area contributed by atoms with Crippen molar-refractivity contribution in [1.29, 1.82) is 0 Å². The first-order valence-corrected chi connectivity index (χ1v) is 11.5. The Morgan fingerprint density at radius 2 is 1.90 bits per heavy atom. The van der Waals surface area contributed by atoms with E-state index in [4.69, 9.17) is 27.9 Å². The number of esters is 1. The molecule has 1 amide bonds. The molecule has 0 aliphatic carbocycles. The van der Waals surface area contributed by atoms with Crippen LogP contribution in [0.2, 0.25) is 10.0 Å². The predicted octanol–water partition coefficient (Wildman–Crippen LogP) is 3.33. The van der Waals surface area contributed by atoms with Crippen LogP contribution in [0.25, 0.3) is 10.2 Å². The lowest BCUT2D eigenvalue weighted by molar-refractivity contribution is -0.141. The molecule has 3 aromatic rings. The molecule has 0 saturated carbocycles. The van der Waals surface area contributed by atoms with Crippen LogP contribution in [-0.4, -0.2) is 38.2 Å². The van der Waals surface area contributed by atoms with E-state index < -0.39 is 21.7 Å². The van der Waals surface area contributed by atoms with E-state index in [-0.39, 0.29) is 26.8 Å². The van der Waals surface area contributed by atoms with Gasteiger partial charge in [-0.3, -0.25) is 9.59 Å². The molecule has 0 spiro atoms. The monoisotopic (exact) mass is 472 g/mol. The Labute approximate surface area is 180 Å². The summed E-state index contributed by atoms with van der Waals surface area (Å²) in [6.07, 6.45) is 1.10. The van der Waals surface area contributed by atoms with Gasteiger partial charge in [0.2, 0.25) is 0 Å². The standard InChI is InChI=1S/C18H14Cl2N2O5S2/c1-27-16(23)9-22-14-6-4-11(29(2,25)26)8-15(14)28-18(22)21-17(24)12-7-10(19)3-5-13(12)20/h3-8H,9H2,1-2H3. The number of aromatic nitrogens is 1. The molecule has 29 heavy (non-hydrogen) atoms. The van der Waals surface area contributed by atoms with Crippen LogP contribution in [0.15, 0.2) is 46.3 Å². The molecule has 0 fully saturated rings. The number of hydrogen-bond acceptors (Lipinski definition) is 6. The number of sulfone groups is 1. The minimum atomic E-state index is -3.43. The minimum Gasteiger partial charge on any atom is -0.468 e. The van der Waals surface area contributed by atoms with E-state index in [9.17, 15) is 18.0 Å². The molecular formula is C18H14Cl2N2O5S2. The number of fused-ring (bicyclic) bond motifs is 1. The van der Waals surface area contributed by atoms with E-state index in [1.807, 2.05) is 0 Å². The van der Waals surface area contributed by atoms with Crippen LogP contribution in [0.5, 0.6) is 0 Å². The molecule has 152 valence electrons. The van der Waals surface area contributed by atoms with E-state index in [0.29, 0.717) is 15.2 Å². The molecule has 3 rings (SSSR count). The fourth-order valence-electron chi connectivity index (χ4n) is 2.52. The van der Waals surface area contributed by atoms with Crippen molar-refractivity contribution < 1.29 is 22.7 Å². The topological polar surface area (TPSA) is 94.8 Å². The molecule has 0 aliphatic heterocycles. The Morgan fingerprint density at radius 1 is 1.17 bits per heavy atom. The summed E-state index contributed by atoms with van der Waals surface area (Å²) in [6.45, 7) is -0.204. The van der Waals surface area contributed by atoms with Gasteiger partial charge in [0.1, 0.15) is 6.54 Å². The summed E-state index contributed by atoms with van der Waals surface area (Å²) in [5.74, 6) is -1.20. The maximum atomic E-state index is 12.7. The number of ether oxygens (including phenoxy) is 1. The van der Waals surface area contributed by atoms with Crippen LogP contribution in [0.1, 0.15) is 10.4 Å². The number of carbonyl (C=O) groups is 2. The summed E-state index contributed by atoms with van der Waals surface area (Å²) in [4.78, 5) is 28.9. The van der Waals surface area contributed by atoms with Gasteiger partial charge in [0, 0.05) is 11.3 Å². The van der Waals surface area contributed by atoms with Gasteiger partial charge in [0.05, 0.1) is 32.8 Å². The van der Waals surface area contributed by atoms with Gasteiger partial charge < -0.3 is 9.30 Å². The Balaban J connectivity index is 2.22. The number of carbonyl (C=O) groups excluding carboxylic acids is 2. The van der Waals surface area contributed by atoms with E-state index in [1.54, 1.807) is 12.1 Å². The van der Waals surface area contributed by atoms with Gasteiger partial charge in [-0.25, -0.2) is 8.42 Å². The number of thiazole rings is 1. The Hall–Kier alpha value is -2.20. The molecule has 7 nitrogen and oxygen atoms in total. The summed E-state index contributed by atoms with van der Waals surface area (Å²) >= 11 is 13.1. The average molecular weight is 473 g/mol. The zero-order chi connectivity index (χ0) is 21.3. The zero-order valence-corrected chi connectivity index (χ0v) is 18.3. The lowest BCUT2D eigenvalue weighted by atomic mass is 10.2. The molecule has 0 atom stereocenters. The number of hydrogen-bond donors (Lipinski definition) is 0. The fraction of sp³-hybridized carbons (Fsp3) is 0.167. The quantitative estimate of drug-likeness (QED) is 0.542. The van der Waals surface area contributed by atoms with Gasteiger partial charge in [-0.05, 0) is 36.4 Å². The molecule has 11 heteroatoms. The SMILES string of the molecule is COC(=O)Cn1c(=NC(=O)c2cc(Cl)ccc2Cl)sc2cc(S(C)(=O)=O)ccc21. The largest absolute Gasteiger partial charge is 0.468 e. The van der Waals surface area contributed by atoms with Crippen molar-refractivity contribution in [1.82, 2.24) is 4.57 Å². The van der Waals surface area contributed by atoms with Gasteiger partial charge in [0.15, 0.2) is 14.6 Å². The smallest absolute Gasteiger partial charge is 0.325 e. The Bertz CT molecular complexity index is 1310. The van der Waals surface area contributed by atoms with Gasteiger partial charge in [-0.2, -0.15) is 4.99 Å². The van der Waals surface area contributed by atoms with Gasteiger partial charge in [0.25, 0.3) is 5.91 Å². The number of halogens is 2. The number of methoxy groups -OCH3 is 1. The molecule has 0 unspecified atom stereocenters. The average Bonchev–Trinajstić information content (AvgIpc) is 2.99. The summed E-state index contributed by atoms with van der Waals surface area (Å²) in [6, 6.07) is 8.88. The molecule has 2 aromatic carbocycles. The maximum absolute atomic E-state index is 12.7. The second kappa shape index (κ2) is 8.27. The second-order valence-electron chi connectivity index (χ2n) is 5.99. The Morgan fingerprint density at radius 3 is 2.55 bits per heavy atom. The third kappa shape index (κ3) is 4.69. The third-order valence-corrected chi connectivity index (χ3v) is 6.67. The van der Waals surface area contributed by atoms with Crippen LogP contribution in [0.4, 0.5) is 0 Å². The van der Waals surface area contributed by atoms with Crippen LogP contribution < -0.4 is 4.80 Å². The molecular weight excluding hydrogens is 459 g/mol. The molecule has 0 radical (unpaired) electrons. The third-order valence-electron chi connectivity index (χ3n) is 3.95. The molecule has 0 bridgehead atoms. The van der Waals surface area contributed by atoms with Crippen molar-refractivity contribution in [2.24, 2.45) is 4.99 Å². The van der Waals surface area contributed by atoms with E-state index in [1.165, 1.54) is 35.9 Å². The summed E-state index contributed by atoms with van der Waals surface area (Å²) in [7, 11) is -2.18. The lowest BCUT2D eigenvalue weighted by Crippen LogP contribution is -2.22. The van der Waals surface area contributed by atoms with Gasteiger partial charge in [-0.1, -0.05) is 34.5 Å². The van der Waals surface area contributed by atoms with E-state index in [0.717, 1.165) is 17.6 Å². The highest BCUT2D eigenvalue weighted by atomic mass is 35.5. The molecule has 1 aromatic heterocycles. The van der Waals surface area contributed by atoms with Crippen molar-refractivity contribution in [3.05, 3.63) is 56.8 Å². The van der Waals surface area contributed by atoms with E-state index in [2.05, 4.69) is 4.99 Å². The van der Waals surface area contributed by atoms with Crippen LogP contribution in [0, 0.1) is 0 Å².